The summed E-state index contributed by atoms with van der Waals surface area (Å²) in [5.41, 5.74) is 2.59. The Kier molecular flexibility index (Phi) is 5.67. The van der Waals surface area contributed by atoms with Crippen LogP contribution in [-0.2, 0) is 6.61 Å². The van der Waals surface area contributed by atoms with Crippen LogP contribution in [0.5, 0.6) is 5.75 Å². The molecule has 0 spiro atoms. The fourth-order valence-electron chi connectivity index (χ4n) is 2.00. The smallest absolute Gasteiger partial charge is 0.182 e. The van der Waals surface area contributed by atoms with Crippen LogP contribution in [0.2, 0.25) is 10.0 Å². The number of halogens is 3. The number of benzene rings is 2. The molecular weight excluding hydrogens is 386 g/mol. The van der Waals surface area contributed by atoms with Crippen LogP contribution in [-0.4, -0.2) is 21.4 Å². The van der Waals surface area contributed by atoms with E-state index in [0.29, 0.717) is 10.8 Å². The van der Waals surface area contributed by atoms with Gasteiger partial charge in [0.25, 0.3) is 0 Å². The molecule has 3 aromatic rings. The minimum absolute atomic E-state index is 0.00987. The van der Waals surface area contributed by atoms with E-state index in [2.05, 4.69) is 15.3 Å². The minimum atomic E-state index is -0.581. The summed E-state index contributed by atoms with van der Waals surface area (Å²) in [5.74, 6) is -0.131. The number of nitrogens with one attached hydrogen (secondary N) is 1. The van der Waals surface area contributed by atoms with E-state index in [1.54, 1.807) is 24.3 Å². The number of ether oxygens (including phenoxy) is 1. The van der Waals surface area contributed by atoms with Gasteiger partial charge in [-0.3, -0.25) is 10.7 Å². The lowest BCUT2D eigenvalue weighted by atomic mass is 10.3. The molecule has 2 aromatic carbocycles. The van der Waals surface area contributed by atoms with Crippen molar-refractivity contribution in [1.82, 2.24) is 15.8 Å². The Morgan fingerprint density at radius 1 is 1.23 bits per heavy atom. The van der Waals surface area contributed by atoms with Gasteiger partial charge in [-0.05, 0) is 41.6 Å². The lowest BCUT2D eigenvalue weighted by Crippen LogP contribution is -2.22. The Labute approximate surface area is 156 Å². The monoisotopic (exact) mass is 396 g/mol. The summed E-state index contributed by atoms with van der Waals surface area (Å²) < 4.78 is 23.5. The van der Waals surface area contributed by atoms with Crippen LogP contribution in [0.15, 0.2) is 52.1 Å². The third-order valence-electron chi connectivity index (χ3n) is 3.20. The van der Waals surface area contributed by atoms with Gasteiger partial charge in [-0.25, -0.2) is 14.0 Å². The van der Waals surface area contributed by atoms with Gasteiger partial charge < -0.3 is 4.74 Å². The standard InChI is InChI=1S/C16H11Cl2FN4O3/c17-9-2-1-3-11(6-9)25-8-14-15(23-26-22-14)16(21-24)20-10-4-5-13(19)12(18)7-10/h1-7,24H,8H2,(H,20,21). The van der Waals surface area contributed by atoms with E-state index >= 15 is 0 Å². The fraction of sp³-hybridized carbons (Fsp3) is 0.0625. The molecule has 0 aliphatic rings. The Morgan fingerprint density at radius 2 is 2.08 bits per heavy atom. The predicted octanol–water partition coefficient (Wildman–Crippen LogP) is 4.15. The van der Waals surface area contributed by atoms with Crippen LogP contribution in [0.1, 0.15) is 11.4 Å². The molecular formula is C16H11Cl2FN4O3. The maximum Gasteiger partial charge on any atom is 0.182 e. The van der Waals surface area contributed by atoms with E-state index in [9.17, 15) is 9.60 Å². The van der Waals surface area contributed by atoms with Crippen LogP contribution >= 0.6 is 23.2 Å². The zero-order chi connectivity index (χ0) is 18.5. The number of hydrogen-bond acceptors (Lipinski definition) is 6. The number of hydrogen-bond donors (Lipinski definition) is 2. The number of amidine groups is 1. The molecule has 0 bridgehead atoms. The van der Waals surface area contributed by atoms with E-state index in [1.807, 2.05) is 5.48 Å². The Hall–Kier alpha value is -2.68. The molecule has 0 aliphatic heterocycles. The van der Waals surface area contributed by atoms with Crippen molar-refractivity contribution in [3.63, 3.8) is 0 Å². The van der Waals surface area contributed by atoms with E-state index in [1.165, 1.54) is 12.1 Å². The average Bonchev–Trinajstić information content (AvgIpc) is 3.09. The van der Waals surface area contributed by atoms with Crippen molar-refractivity contribution >= 4 is 34.7 Å². The van der Waals surface area contributed by atoms with Gasteiger partial charge >= 0.3 is 0 Å². The SMILES string of the molecule is ONC(=Nc1ccc(F)c(Cl)c1)c1nonc1COc1cccc(Cl)c1. The first-order valence-electron chi connectivity index (χ1n) is 7.21. The summed E-state index contributed by atoms with van der Waals surface area (Å²) in [6.07, 6.45) is 0. The van der Waals surface area contributed by atoms with Crippen LogP contribution in [0.3, 0.4) is 0 Å². The van der Waals surface area contributed by atoms with Crippen molar-refractivity contribution in [2.45, 2.75) is 6.61 Å². The van der Waals surface area contributed by atoms with Crippen molar-refractivity contribution < 1.29 is 19.0 Å². The van der Waals surface area contributed by atoms with E-state index < -0.39 is 5.82 Å². The molecule has 2 N–H and O–H groups in total. The molecule has 10 heteroatoms. The number of aromatic nitrogens is 2. The third kappa shape index (κ3) is 4.29. The molecule has 1 heterocycles. The molecule has 0 amide bonds. The van der Waals surface area contributed by atoms with Crippen LogP contribution in [0.25, 0.3) is 0 Å². The first-order chi connectivity index (χ1) is 12.6. The second kappa shape index (κ2) is 8.13. The largest absolute Gasteiger partial charge is 0.487 e. The first kappa shape index (κ1) is 18.1. The fourth-order valence-corrected chi connectivity index (χ4v) is 2.36. The van der Waals surface area contributed by atoms with E-state index in [0.717, 1.165) is 6.07 Å². The molecule has 0 atom stereocenters. The van der Waals surface area contributed by atoms with Gasteiger partial charge in [0.2, 0.25) is 0 Å². The highest BCUT2D eigenvalue weighted by atomic mass is 35.5. The normalized spacial score (nSPS) is 11.5. The summed E-state index contributed by atoms with van der Waals surface area (Å²) in [5, 5.41) is 17.2. The van der Waals surface area contributed by atoms with Gasteiger partial charge in [-0.15, -0.1) is 0 Å². The molecule has 0 radical (unpaired) electrons. The maximum atomic E-state index is 13.2. The summed E-state index contributed by atoms with van der Waals surface area (Å²) in [6.45, 7) is -0.00987. The van der Waals surface area contributed by atoms with E-state index in [4.69, 9.17) is 32.6 Å². The summed E-state index contributed by atoms with van der Waals surface area (Å²) in [7, 11) is 0. The Morgan fingerprint density at radius 3 is 2.81 bits per heavy atom. The van der Waals surface area contributed by atoms with Gasteiger partial charge in [-0.2, -0.15) is 0 Å². The van der Waals surface area contributed by atoms with Crippen LogP contribution < -0.4 is 10.2 Å². The first-order valence-corrected chi connectivity index (χ1v) is 7.96. The van der Waals surface area contributed by atoms with Gasteiger partial charge in [0.15, 0.2) is 17.2 Å². The molecule has 26 heavy (non-hydrogen) atoms. The molecule has 0 unspecified atom stereocenters. The van der Waals surface area contributed by atoms with Gasteiger partial charge in [0.1, 0.15) is 18.2 Å². The molecule has 0 saturated heterocycles. The zero-order valence-electron chi connectivity index (χ0n) is 13.0. The predicted molar refractivity (Wildman–Crippen MR) is 92.6 cm³/mol. The van der Waals surface area contributed by atoms with Gasteiger partial charge in [0.05, 0.1) is 10.7 Å². The van der Waals surface area contributed by atoms with Gasteiger partial charge in [-0.1, -0.05) is 34.4 Å². The maximum absolute atomic E-state index is 13.2. The summed E-state index contributed by atoms with van der Waals surface area (Å²) in [4.78, 5) is 4.12. The molecule has 0 fully saturated rings. The summed E-state index contributed by atoms with van der Waals surface area (Å²) in [6, 6.07) is 10.6. The number of nitrogens with zero attached hydrogens (tertiary/aromatic N) is 3. The second-order valence-corrected chi connectivity index (χ2v) is 5.82. The summed E-state index contributed by atoms with van der Waals surface area (Å²) >= 11 is 11.6. The van der Waals surface area contributed by atoms with Crippen molar-refractivity contribution in [3.8, 4) is 5.75 Å². The molecule has 7 nitrogen and oxygen atoms in total. The quantitative estimate of drug-likeness (QED) is 0.382. The number of rotatable bonds is 5. The van der Waals surface area contributed by atoms with Crippen LogP contribution in [0.4, 0.5) is 10.1 Å². The molecule has 0 saturated carbocycles. The zero-order valence-corrected chi connectivity index (χ0v) is 14.5. The topological polar surface area (TPSA) is 92.8 Å². The van der Waals surface area contributed by atoms with Crippen LogP contribution in [0, 0.1) is 5.82 Å². The third-order valence-corrected chi connectivity index (χ3v) is 3.73. The number of aliphatic imine (C=N–C) groups is 1. The molecule has 0 aliphatic carbocycles. The second-order valence-electron chi connectivity index (χ2n) is 4.98. The van der Waals surface area contributed by atoms with Crippen molar-refractivity contribution in [2.75, 3.05) is 0 Å². The Bertz CT molecular complexity index is 949. The van der Waals surface area contributed by atoms with Crippen molar-refractivity contribution in [3.05, 3.63) is 69.7 Å². The molecule has 3 rings (SSSR count). The lowest BCUT2D eigenvalue weighted by Gasteiger charge is -2.06. The van der Waals surface area contributed by atoms with Crippen molar-refractivity contribution in [1.29, 1.82) is 0 Å². The highest BCUT2D eigenvalue weighted by Gasteiger charge is 2.17. The number of hydroxylamine groups is 1. The highest BCUT2D eigenvalue weighted by molar-refractivity contribution is 6.31. The minimum Gasteiger partial charge on any atom is -0.487 e. The highest BCUT2D eigenvalue weighted by Crippen LogP contribution is 2.23. The average molecular weight is 397 g/mol. The van der Waals surface area contributed by atoms with E-state index in [-0.39, 0.29) is 34.5 Å². The molecule has 1 aromatic heterocycles. The lowest BCUT2D eigenvalue weighted by molar-refractivity contribution is 0.233. The van der Waals surface area contributed by atoms with Gasteiger partial charge in [0, 0.05) is 5.02 Å². The van der Waals surface area contributed by atoms with Crippen molar-refractivity contribution in [2.24, 2.45) is 4.99 Å². The Balaban J connectivity index is 1.82. The molecule has 134 valence electrons.